The Bertz CT molecular complexity index is 421. The third-order valence-electron chi connectivity index (χ3n) is 3.79. The normalized spacial score (nSPS) is 18.3. The number of hydrogen-bond donors (Lipinski definition) is 1. The van der Waals surface area contributed by atoms with Crippen LogP contribution >= 0.6 is 0 Å². The first-order valence-electron chi connectivity index (χ1n) is 6.12. The number of ether oxygens (including phenoxy) is 1. The molecule has 1 N–H and O–H groups in total. The van der Waals surface area contributed by atoms with Crippen molar-refractivity contribution in [2.75, 3.05) is 13.7 Å². The highest BCUT2D eigenvalue weighted by atomic mass is 16.5. The highest BCUT2D eigenvalue weighted by Gasteiger charge is 2.41. The van der Waals surface area contributed by atoms with Crippen LogP contribution in [-0.4, -0.2) is 35.2 Å². The van der Waals surface area contributed by atoms with Gasteiger partial charge in [-0.15, -0.1) is 0 Å². The molecule has 0 fully saturated rings. The van der Waals surface area contributed by atoms with Crippen LogP contribution in [-0.2, 0) is 22.6 Å². The predicted octanol–water partition coefficient (Wildman–Crippen LogP) is 1.88. The zero-order valence-corrected chi connectivity index (χ0v) is 10.8. The monoisotopic (exact) mass is 249 g/mol. The van der Waals surface area contributed by atoms with Crippen molar-refractivity contribution < 1.29 is 14.6 Å². The number of methoxy groups -OCH3 is 1. The van der Waals surface area contributed by atoms with Crippen molar-refractivity contribution in [1.82, 2.24) is 4.90 Å². The van der Waals surface area contributed by atoms with Crippen LogP contribution in [0.3, 0.4) is 0 Å². The van der Waals surface area contributed by atoms with Gasteiger partial charge < -0.3 is 9.84 Å². The number of nitrogens with zero attached hydrogens (tertiary/aromatic N) is 1. The lowest BCUT2D eigenvalue weighted by Crippen LogP contribution is -2.50. The molecule has 18 heavy (non-hydrogen) atoms. The quantitative estimate of drug-likeness (QED) is 0.865. The first-order chi connectivity index (χ1) is 8.58. The first kappa shape index (κ1) is 13.1. The van der Waals surface area contributed by atoms with E-state index in [4.69, 9.17) is 4.74 Å². The summed E-state index contributed by atoms with van der Waals surface area (Å²) in [5.74, 6) is -0.785. The molecule has 1 aromatic rings. The molecule has 98 valence electrons. The van der Waals surface area contributed by atoms with E-state index in [9.17, 15) is 9.90 Å². The van der Waals surface area contributed by atoms with Crippen LogP contribution in [0.15, 0.2) is 24.3 Å². The SMILES string of the molecule is COCCC(C)(C(=O)O)N1Cc2ccccc2C1. The van der Waals surface area contributed by atoms with Gasteiger partial charge in [0.15, 0.2) is 0 Å². The molecule has 1 aromatic carbocycles. The van der Waals surface area contributed by atoms with E-state index in [1.807, 2.05) is 17.0 Å². The van der Waals surface area contributed by atoms with Gasteiger partial charge in [-0.05, 0) is 24.5 Å². The second-order valence-corrected chi connectivity index (χ2v) is 4.95. The lowest BCUT2D eigenvalue weighted by Gasteiger charge is -2.34. The maximum Gasteiger partial charge on any atom is 0.323 e. The zero-order chi connectivity index (χ0) is 13.2. The standard InChI is InChI=1S/C14H19NO3/c1-14(13(16)17,7-8-18-2)15-9-11-5-3-4-6-12(11)10-15/h3-6H,7-10H2,1-2H3,(H,16,17). The fourth-order valence-corrected chi connectivity index (χ4v) is 2.38. The average Bonchev–Trinajstić information content (AvgIpc) is 2.79. The average molecular weight is 249 g/mol. The molecule has 0 aromatic heterocycles. The van der Waals surface area contributed by atoms with Crippen LogP contribution in [0.1, 0.15) is 24.5 Å². The third-order valence-corrected chi connectivity index (χ3v) is 3.79. The summed E-state index contributed by atoms with van der Waals surface area (Å²) in [4.78, 5) is 13.6. The fourth-order valence-electron chi connectivity index (χ4n) is 2.38. The van der Waals surface area contributed by atoms with E-state index in [-0.39, 0.29) is 0 Å². The summed E-state index contributed by atoms with van der Waals surface area (Å²) in [5.41, 5.74) is 1.58. The number of fused-ring (bicyclic) bond motifs is 1. The van der Waals surface area contributed by atoms with Crippen molar-refractivity contribution in [3.8, 4) is 0 Å². The molecule has 0 amide bonds. The summed E-state index contributed by atoms with van der Waals surface area (Å²) in [5, 5.41) is 9.50. The number of carboxylic acids is 1. The van der Waals surface area contributed by atoms with Crippen LogP contribution in [0.2, 0.25) is 0 Å². The number of carboxylic acid groups (broad SMARTS) is 1. The van der Waals surface area contributed by atoms with Crippen LogP contribution in [0.4, 0.5) is 0 Å². The molecule has 4 nitrogen and oxygen atoms in total. The van der Waals surface area contributed by atoms with E-state index in [0.717, 1.165) is 0 Å². The summed E-state index contributed by atoms with van der Waals surface area (Å²) in [7, 11) is 1.60. The Labute approximate surface area is 107 Å². The van der Waals surface area contributed by atoms with Crippen molar-refractivity contribution in [1.29, 1.82) is 0 Å². The number of rotatable bonds is 5. The molecule has 4 heteroatoms. The molecule has 0 aliphatic carbocycles. The van der Waals surface area contributed by atoms with Crippen molar-refractivity contribution in [2.24, 2.45) is 0 Å². The highest BCUT2D eigenvalue weighted by molar-refractivity contribution is 5.78. The second-order valence-electron chi connectivity index (χ2n) is 4.95. The number of hydrogen-bond acceptors (Lipinski definition) is 3. The second kappa shape index (κ2) is 5.08. The van der Waals surface area contributed by atoms with Gasteiger partial charge in [-0.3, -0.25) is 9.69 Å². The Hall–Kier alpha value is -1.39. The fraction of sp³-hybridized carbons (Fsp3) is 0.500. The summed E-state index contributed by atoms with van der Waals surface area (Å²) in [6, 6.07) is 8.12. The number of benzene rings is 1. The summed E-state index contributed by atoms with van der Waals surface area (Å²) in [6.45, 7) is 3.63. The third kappa shape index (κ3) is 2.26. The van der Waals surface area contributed by atoms with Crippen LogP contribution in [0.5, 0.6) is 0 Å². The van der Waals surface area contributed by atoms with Crippen molar-refractivity contribution >= 4 is 5.97 Å². The van der Waals surface area contributed by atoms with Gasteiger partial charge in [0.2, 0.25) is 0 Å². The summed E-state index contributed by atoms with van der Waals surface area (Å²) >= 11 is 0. The Morgan fingerprint density at radius 1 is 1.39 bits per heavy atom. The molecule has 1 unspecified atom stereocenters. The summed E-state index contributed by atoms with van der Waals surface area (Å²) < 4.78 is 5.03. The Kier molecular flexibility index (Phi) is 3.68. The van der Waals surface area contributed by atoms with Crippen molar-refractivity contribution in [3.05, 3.63) is 35.4 Å². The van der Waals surface area contributed by atoms with E-state index < -0.39 is 11.5 Å². The van der Waals surface area contributed by atoms with E-state index in [1.165, 1.54) is 11.1 Å². The lowest BCUT2D eigenvalue weighted by atomic mass is 9.96. The molecule has 0 saturated carbocycles. The Morgan fingerprint density at radius 2 is 1.94 bits per heavy atom. The Morgan fingerprint density at radius 3 is 2.39 bits per heavy atom. The van der Waals surface area contributed by atoms with Gasteiger partial charge in [0, 0.05) is 26.8 Å². The Balaban J connectivity index is 2.18. The largest absolute Gasteiger partial charge is 0.480 e. The van der Waals surface area contributed by atoms with E-state index in [1.54, 1.807) is 14.0 Å². The molecule has 1 heterocycles. The topological polar surface area (TPSA) is 49.8 Å². The number of carbonyl (C=O) groups is 1. The molecule has 0 spiro atoms. The van der Waals surface area contributed by atoms with Gasteiger partial charge in [-0.2, -0.15) is 0 Å². The first-order valence-corrected chi connectivity index (χ1v) is 6.12. The molecular weight excluding hydrogens is 230 g/mol. The minimum atomic E-state index is -0.866. The summed E-state index contributed by atoms with van der Waals surface area (Å²) in [6.07, 6.45) is 0.493. The van der Waals surface area contributed by atoms with Crippen LogP contribution in [0.25, 0.3) is 0 Å². The molecule has 1 aliphatic heterocycles. The van der Waals surface area contributed by atoms with Gasteiger partial charge in [0.05, 0.1) is 0 Å². The van der Waals surface area contributed by atoms with E-state index in [2.05, 4.69) is 12.1 Å². The predicted molar refractivity (Wildman–Crippen MR) is 68.2 cm³/mol. The van der Waals surface area contributed by atoms with Gasteiger partial charge >= 0.3 is 5.97 Å². The van der Waals surface area contributed by atoms with Crippen LogP contribution < -0.4 is 0 Å². The molecule has 2 rings (SSSR count). The lowest BCUT2D eigenvalue weighted by molar-refractivity contribution is -0.152. The minimum Gasteiger partial charge on any atom is -0.480 e. The van der Waals surface area contributed by atoms with Crippen molar-refractivity contribution in [3.63, 3.8) is 0 Å². The molecule has 0 radical (unpaired) electrons. The molecule has 1 aliphatic rings. The highest BCUT2D eigenvalue weighted by Crippen LogP contribution is 2.31. The maximum atomic E-state index is 11.6. The van der Waals surface area contributed by atoms with Crippen molar-refractivity contribution in [2.45, 2.75) is 32.0 Å². The van der Waals surface area contributed by atoms with E-state index >= 15 is 0 Å². The van der Waals surface area contributed by atoms with Gasteiger partial charge in [0.1, 0.15) is 5.54 Å². The smallest absolute Gasteiger partial charge is 0.323 e. The molecule has 0 saturated heterocycles. The zero-order valence-electron chi connectivity index (χ0n) is 10.8. The minimum absolute atomic E-state index is 0.454. The van der Waals surface area contributed by atoms with Gasteiger partial charge in [-0.25, -0.2) is 0 Å². The molecular formula is C14H19NO3. The van der Waals surface area contributed by atoms with E-state index in [0.29, 0.717) is 26.1 Å². The van der Waals surface area contributed by atoms with Gasteiger partial charge in [-0.1, -0.05) is 24.3 Å². The molecule has 0 bridgehead atoms. The van der Waals surface area contributed by atoms with Crippen LogP contribution in [0, 0.1) is 0 Å². The van der Waals surface area contributed by atoms with Gasteiger partial charge in [0.25, 0.3) is 0 Å². The molecule has 1 atom stereocenters. The number of aliphatic carboxylic acids is 1. The maximum absolute atomic E-state index is 11.6.